The van der Waals surface area contributed by atoms with E-state index in [9.17, 15) is 4.57 Å². The van der Waals surface area contributed by atoms with Gasteiger partial charge < -0.3 is 113 Å². The molecule has 0 unspecified atom stereocenters. The van der Waals surface area contributed by atoms with Gasteiger partial charge in [0.15, 0.2) is 0 Å². The average Bonchev–Trinajstić information content (AvgIpc) is 3.39. The van der Waals surface area contributed by atoms with Crippen LogP contribution in [0.3, 0.4) is 0 Å². The van der Waals surface area contributed by atoms with E-state index in [4.69, 9.17) is 113 Å². The standard InChI is InChI=1S/C46H95O25P/c1-48-3-5-50-7-9-52-11-13-54-15-17-56-19-21-58-23-25-60-27-29-62-31-33-64-35-37-66-39-41-68-43-45-70-72(47)71-46-44-69-42-40-67-38-36-65-34-32-63-30-28-61-26-24-59-22-20-57-18-16-55-14-12-53-10-8-51-6-4-49-2/h72H,3-46H2,1-2H3. The molecule has 0 saturated heterocycles. The summed E-state index contributed by atoms with van der Waals surface area (Å²) < 4.78 is 141. The lowest BCUT2D eigenvalue weighted by Gasteiger charge is -2.09. The van der Waals surface area contributed by atoms with Gasteiger partial charge in [-0.25, -0.2) is 0 Å². The van der Waals surface area contributed by atoms with Crippen LogP contribution in [0.5, 0.6) is 0 Å². The molecule has 0 aromatic rings. The summed E-state index contributed by atoms with van der Waals surface area (Å²) >= 11 is 0. The molecule has 72 heavy (non-hydrogen) atoms. The zero-order chi connectivity index (χ0) is 51.7. The molecule has 434 valence electrons. The van der Waals surface area contributed by atoms with E-state index >= 15 is 0 Å². The fourth-order valence-electron chi connectivity index (χ4n) is 4.86. The van der Waals surface area contributed by atoms with Crippen LogP contribution in [0.25, 0.3) is 0 Å². The molecule has 0 aromatic carbocycles. The summed E-state index contributed by atoms with van der Waals surface area (Å²) in [4.78, 5) is 0. The maximum atomic E-state index is 11.9. The molecule has 25 nitrogen and oxygen atoms in total. The van der Waals surface area contributed by atoms with Crippen molar-refractivity contribution in [3.8, 4) is 0 Å². The Morgan fingerprint density at radius 2 is 0.264 bits per heavy atom. The van der Waals surface area contributed by atoms with Crippen LogP contribution in [0.4, 0.5) is 0 Å². The lowest BCUT2D eigenvalue weighted by Crippen LogP contribution is -2.15. The monoisotopic (exact) mass is 1080 g/mol. The second kappa shape index (κ2) is 68.3. The summed E-state index contributed by atoms with van der Waals surface area (Å²) in [5, 5.41) is 0. The van der Waals surface area contributed by atoms with Crippen LogP contribution < -0.4 is 0 Å². The Balaban J connectivity index is 3.14. The molecule has 0 N–H and O–H groups in total. The Morgan fingerprint density at radius 3 is 0.375 bits per heavy atom. The van der Waals surface area contributed by atoms with Crippen LogP contribution in [-0.4, -0.2) is 305 Å². The minimum atomic E-state index is -2.63. The van der Waals surface area contributed by atoms with E-state index in [1.165, 1.54) is 0 Å². The molecule has 0 aromatic heterocycles. The molecule has 0 aliphatic carbocycles. The van der Waals surface area contributed by atoms with Crippen LogP contribution in [0.2, 0.25) is 0 Å². The van der Waals surface area contributed by atoms with Crippen molar-refractivity contribution < 1.29 is 118 Å². The molecule has 26 heteroatoms. The first-order valence-corrected chi connectivity index (χ1v) is 26.4. The molecule has 0 bridgehead atoms. The van der Waals surface area contributed by atoms with Crippen LogP contribution in [0, 0.1) is 0 Å². The van der Waals surface area contributed by atoms with Gasteiger partial charge in [0.25, 0.3) is 0 Å². The second-order valence-corrected chi connectivity index (χ2v) is 15.3. The normalized spacial score (nSPS) is 11.8. The van der Waals surface area contributed by atoms with Gasteiger partial charge in [-0.2, -0.15) is 0 Å². The lowest BCUT2D eigenvalue weighted by atomic mass is 10.6. The third-order valence-corrected chi connectivity index (χ3v) is 9.33. The molecule has 0 rings (SSSR count). The first kappa shape index (κ1) is 71.3. The minimum absolute atomic E-state index is 0.147. The van der Waals surface area contributed by atoms with E-state index in [2.05, 4.69) is 0 Å². The van der Waals surface area contributed by atoms with Crippen LogP contribution in [0.15, 0.2) is 0 Å². The van der Waals surface area contributed by atoms with Crippen molar-refractivity contribution in [1.29, 1.82) is 0 Å². The topological polar surface area (TPSA) is 239 Å². The van der Waals surface area contributed by atoms with E-state index in [-0.39, 0.29) is 26.4 Å². The predicted molar refractivity (Wildman–Crippen MR) is 261 cm³/mol. The molecule has 0 radical (unpaired) electrons. The highest BCUT2D eigenvalue weighted by molar-refractivity contribution is 7.33. The maximum absolute atomic E-state index is 11.9. The SMILES string of the molecule is COCCOCCOCCOCCOCCOCCOCCOCCOCCOCCOCCO[PH](=O)OCCOCCOCCOCCOCCOCCOCCOCCOCCOCCOCCOC. The van der Waals surface area contributed by atoms with Crippen molar-refractivity contribution in [3.05, 3.63) is 0 Å². The Bertz CT molecular complexity index is 917. The van der Waals surface area contributed by atoms with E-state index in [1.54, 1.807) is 14.2 Å². The van der Waals surface area contributed by atoms with Crippen molar-refractivity contribution in [2.24, 2.45) is 0 Å². The van der Waals surface area contributed by atoms with Crippen molar-refractivity contribution in [2.45, 2.75) is 0 Å². The van der Waals surface area contributed by atoms with Crippen molar-refractivity contribution in [2.75, 3.05) is 305 Å². The zero-order valence-electron chi connectivity index (χ0n) is 43.8. The third-order valence-electron chi connectivity index (χ3n) is 8.45. The smallest absolute Gasteiger partial charge is 0.319 e. The van der Waals surface area contributed by atoms with Gasteiger partial charge >= 0.3 is 8.25 Å². The minimum Gasteiger partial charge on any atom is -0.382 e. The van der Waals surface area contributed by atoms with Crippen LogP contribution in [-0.2, 0) is 118 Å². The number of rotatable bonds is 68. The molecule has 0 atom stereocenters. The number of hydrogen-bond donors (Lipinski definition) is 0. The molecular weight excluding hydrogens is 983 g/mol. The van der Waals surface area contributed by atoms with Crippen molar-refractivity contribution >= 4 is 8.25 Å². The van der Waals surface area contributed by atoms with Gasteiger partial charge in [0, 0.05) is 14.2 Å². The van der Waals surface area contributed by atoms with Crippen LogP contribution in [0.1, 0.15) is 0 Å². The summed E-state index contributed by atoms with van der Waals surface area (Å²) in [5.74, 6) is 0. The summed E-state index contributed by atoms with van der Waals surface area (Å²) in [6.07, 6.45) is 0. The predicted octanol–water partition coefficient (Wildman–Crippen LogP) is 1.03. The average molecular weight is 1080 g/mol. The molecule has 0 amide bonds. The number of hydrogen-bond acceptors (Lipinski definition) is 25. The van der Waals surface area contributed by atoms with Gasteiger partial charge in [0.05, 0.1) is 291 Å². The molecule has 0 saturated carbocycles. The van der Waals surface area contributed by atoms with E-state index < -0.39 is 8.25 Å². The highest BCUT2D eigenvalue weighted by Gasteiger charge is 2.02. The molecule has 0 aliphatic heterocycles. The highest BCUT2D eigenvalue weighted by Crippen LogP contribution is 2.22. The van der Waals surface area contributed by atoms with Gasteiger partial charge in [-0.3, -0.25) is 4.57 Å². The van der Waals surface area contributed by atoms with Crippen molar-refractivity contribution in [3.63, 3.8) is 0 Å². The van der Waals surface area contributed by atoms with E-state index in [0.717, 1.165) is 0 Å². The molecule has 0 heterocycles. The van der Waals surface area contributed by atoms with Gasteiger partial charge in [0.2, 0.25) is 0 Å². The highest BCUT2D eigenvalue weighted by atomic mass is 31.1. The summed E-state index contributed by atoms with van der Waals surface area (Å²) in [7, 11) is 0.653. The summed E-state index contributed by atoms with van der Waals surface area (Å²) in [6, 6.07) is 0. The Labute approximate surface area is 430 Å². The molecule has 0 spiro atoms. The van der Waals surface area contributed by atoms with E-state index in [1.807, 2.05) is 0 Å². The van der Waals surface area contributed by atoms with Crippen molar-refractivity contribution in [1.82, 2.24) is 0 Å². The number of methoxy groups -OCH3 is 2. The fraction of sp³-hybridized carbons (Fsp3) is 1.00. The van der Waals surface area contributed by atoms with Gasteiger partial charge in [-0.05, 0) is 0 Å². The number of ether oxygens (including phenoxy) is 22. The van der Waals surface area contributed by atoms with Gasteiger partial charge in [-0.15, -0.1) is 0 Å². The maximum Gasteiger partial charge on any atom is 0.319 e. The summed E-state index contributed by atoms with van der Waals surface area (Å²) in [6.45, 7) is 20.4. The lowest BCUT2D eigenvalue weighted by molar-refractivity contribution is -0.0275. The zero-order valence-corrected chi connectivity index (χ0v) is 44.8. The Kier molecular flexibility index (Phi) is 67.6. The van der Waals surface area contributed by atoms with Crippen LogP contribution >= 0.6 is 8.25 Å². The third kappa shape index (κ3) is 67.3. The van der Waals surface area contributed by atoms with Gasteiger partial charge in [-0.1, -0.05) is 0 Å². The first-order chi connectivity index (χ1) is 35.8. The first-order valence-electron chi connectivity index (χ1n) is 25.1. The Hall–Kier alpha value is -0.730. The fourth-order valence-corrected chi connectivity index (χ4v) is 5.44. The largest absolute Gasteiger partial charge is 0.382 e. The van der Waals surface area contributed by atoms with Gasteiger partial charge in [0.1, 0.15) is 0 Å². The Morgan fingerprint density at radius 1 is 0.167 bits per heavy atom. The molecule has 0 fully saturated rings. The van der Waals surface area contributed by atoms with E-state index in [0.29, 0.717) is 264 Å². The quantitative estimate of drug-likeness (QED) is 0.0611. The summed E-state index contributed by atoms with van der Waals surface area (Å²) in [5.41, 5.74) is 0. The molecule has 0 aliphatic rings. The molecular formula is C46H95O25P. The second-order valence-electron chi connectivity index (χ2n) is 14.2.